The van der Waals surface area contributed by atoms with Crippen LogP contribution in [0.5, 0.6) is 0 Å². The highest BCUT2D eigenvalue weighted by Crippen LogP contribution is 2.11. The van der Waals surface area contributed by atoms with Crippen molar-refractivity contribution in [1.82, 2.24) is 0 Å². The van der Waals surface area contributed by atoms with Gasteiger partial charge < -0.3 is 14.3 Å². The molecule has 0 saturated heterocycles. The zero-order valence-electron chi connectivity index (χ0n) is 17.3. The van der Waals surface area contributed by atoms with Crippen LogP contribution in [-0.2, 0) is 14.3 Å². The highest BCUT2D eigenvalue weighted by atomic mass is 16.5. The number of aliphatic carboxylic acids is 1. The number of nitrogens with zero attached hydrogens (tertiary/aromatic N) is 1. The maximum Gasteiger partial charge on any atom is 0.307 e. The molecule has 0 aromatic heterocycles. The van der Waals surface area contributed by atoms with Gasteiger partial charge in [-0.1, -0.05) is 45.4 Å². The van der Waals surface area contributed by atoms with Gasteiger partial charge in [0.05, 0.1) is 31.6 Å². The van der Waals surface area contributed by atoms with E-state index in [1.54, 1.807) is 0 Å². The van der Waals surface area contributed by atoms with Crippen molar-refractivity contribution >= 4 is 11.9 Å². The van der Waals surface area contributed by atoms with E-state index < -0.39 is 29.5 Å². The Morgan fingerprint density at radius 2 is 1.73 bits per heavy atom. The van der Waals surface area contributed by atoms with Crippen LogP contribution in [0.4, 0.5) is 0 Å². The number of carbonyl (C=O) groups excluding carboxylic acids is 1. The molecule has 0 saturated carbocycles. The molecule has 130 valence electrons. The molecule has 0 amide bonds. The summed E-state index contributed by atoms with van der Waals surface area (Å²) in [6.07, 6.45) is 6.45. The Labute approximate surface area is 139 Å². The third-order valence-corrected chi connectivity index (χ3v) is 3.34. The quantitative estimate of drug-likeness (QED) is 0.322. The lowest BCUT2D eigenvalue weighted by molar-refractivity contribution is -0.873. The molecular weight excluding hydrogens is 282 g/mol. The maximum atomic E-state index is 11.9. The molecular formula is C17H34NO4+. The topological polar surface area (TPSA) is 63.6 Å². The van der Waals surface area contributed by atoms with E-state index in [0.717, 1.165) is 19.3 Å². The van der Waals surface area contributed by atoms with Crippen molar-refractivity contribution in [1.29, 1.82) is 0 Å². The lowest BCUT2D eigenvalue weighted by Crippen LogP contribution is -2.43. The van der Waals surface area contributed by atoms with E-state index in [2.05, 4.69) is 6.92 Å². The summed E-state index contributed by atoms with van der Waals surface area (Å²) in [6.45, 7) is -0.205. The Balaban J connectivity index is 4.33. The van der Waals surface area contributed by atoms with Crippen LogP contribution < -0.4 is 0 Å². The van der Waals surface area contributed by atoms with Crippen LogP contribution in [0, 0.1) is 0 Å². The van der Waals surface area contributed by atoms with Crippen LogP contribution in [0.1, 0.15) is 68.8 Å². The number of rotatable bonds is 13. The molecule has 0 aromatic carbocycles. The minimum absolute atomic E-state index is 0.0639. The fraction of sp³-hybridized carbons (Fsp3) is 0.882. The molecule has 0 aliphatic carbocycles. The van der Waals surface area contributed by atoms with Crippen molar-refractivity contribution in [3.63, 3.8) is 0 Å². The second-order valence-corrected chi connectivity index (χ2v) is 6.45. The van der Waals surface area contributed by atoms with Crippen LogP contribution >= 0.6 is 0 Å². The second-order valence-electron chi connectivity index (χ2n) is 6.45. The molecule has 0 aliphatic heterocycles. The van der Waals surface area contributed by atoms with E-state index >= 15 is 0 Å². The number of carboxylic acid groups (broad SMARTS) is 1. The summed E-state index contributed by atoms with van der Waals surface area (Å²) in [5.41, 5.74) is 0. The third kappa shape index (κ3) is 13.9. The number of hydrogen-bond acceptors (Lipinski definition) is 3. The SMILES string of the molecule is [2H]C([2H])([2H])[N+](C)(C)C[C@H](CC(=O)O)OC(=O)CCCCCCCCC. The van der Waals surface area contributed by atoms with Crippen molar-refractivity contribution in [3.8, 4) is 0 Å². The third-order valence-electron chi connectivity index (χ3n) is 3.34. The molecule has 0 radical (unpaired) electrons. The van der Waals surface area contributed by atoms with E-state index in [4.69, 9.17) is 14.0 Å². The number of ether oxygens (including phenoxy) is 1. The second kappa shape index (κ2) is 11.5. The molecule has 0 aliphatic rings. The summed E-state index contributed by atoms with van der Waals surface area (Å²) in [5.74, 6) is -1.57. The lowest BCUT2D eigenvalue weighted by Gasteiger charge is -2.28. The van der Waals surface area contributed by atoms with Gasteiger partial charge in [0.2, 0.25) is 0 Å². The van der Waals surface area contributed by atoms with Crippen molar-refractivity contribution < 1.29 is 28.0 Å². The standard InChI is InChI=1S/C17H33NO4/c1-5-6-7-8-9-10-11-12-17(21)22-15(13-16(19)20)14-18(2,3)4/h15H,5-14H2,1-4H3/p+1/t15-/m0/s1/i2D3. The summed E-state index contributed by atoms with van der Waals surface area (Å²) in [6, 6.07) is 0. The van der Waals surface area contributed by atoms with Crippen molar-refractivity contribution in [3.05, 3.63) is 0 Å². The first-order valence-electron chi connectivity index (χ1n) is 9.74. The van der Waals surface area contributed by atoms with Gasteiger partial charge in [-0.2, -0.15) is 0 Å². The van der Waals surface area contributed by atoms with Crippen LogP contribution in [0.3, 0.4) is 0 Å². The zero-order chi connectivity index (χ0) is 19.5. The normalized spacial score (nSPS) is 15.5. The number of hydrogen-bond donors (Lipinski definition) is 1. The minimum Gasteiger partial charge on any atom is -0.481 e. The van der Waals surface area contributed by atoms with Gasteiger partial charge in [0.1, 0.15) is 6.54 Å². The van der Waals surface area contributed by atoms with Crippen LogP contribution in [0.15, 0.2) is 0 Å². The van der Waals surface area contributed by atoms with E-state index in [9.17, 15) is 9.59 Å². The molecule has 22 heavy (non-hydrogen) atoms. The predicted octanol–water partition coefficient (Wildman–Crippen LogP) is 3.22. The average molecular weight is 319 g/mol. The highest BCUT2D eigenvalue weighted by molar-refractivity contribution is 5.71. The van der Waals surface area contributed by atoms with Crippen LogP contribution in [-0.4, -0.2) is 55.2 Å². The Bertz CT molecular complexity index is 411. The summed E-state index contributed by atoms with van der Waals surface area (Å²) in [5, 5.41) is 8.97. The van der Waals surface area contributed by atoms with Gasteiger partial charge >= 0.3 is 11.9 Å². The fourth-order valence-electron chi connectivity index (χ4n) is 2.32. The molecule has 0 aromatic rings. The molecule has 0 bridgehead atoms. The largest absolute Gasteiger partial charge is 0.481 e. The first-order valence-corrected chi connectivity index (χ1v) is 8.24. The lowest BCUT2D eigenvalue weighted by atomic mass is 10.1. The monoisotopic (exact) mass is 319 g/mol. The van der Waals surface area contributed by atoms with Gasteiger partial charge in [0.25, 0.3) is 0 Å². The first kappa shape index (κ1) is 15.8. The van der Waals surface area contributed by atoms with Gasteiger partial charge in [-0.3, -0.25) is 9.59 Å². The Morgan fingerprint density at radius 1 is 1.14 bits per heavy atom. The molecule has 5 heteroatoms. The highest BCUT2D eigenvalue weighted by Gasteiger charge is 2.24. The molecule has 1 N–H and O–H groups in total. The number of unbranched alkanes of at least 4 members (excludes halogenated alkanes) is 6. The van der Waals surface area contributed by atoms with Crippen molar-refractivity contribution in [2.24, 2.45) is 0 Å². The smallest absolute Gasteiger partial charge is 0.307 e. The number of carbonyl (C=O) groups is 2. The van der Waals surface area contributed by atoms with Gasteiger partial charge in [0.15, 0.2) is 6.10 Å². The summed E-state index contributed by atoms with van der Waals surface area (Å²) >= 11 is 0. The number of quaternary nitrogens is 1. The Kier molecular flexibility index (Phi) is 8.23. The minimum atomic E-state index is -2.30. The first-order chi connectivity index (χ1) is 11.5. The van der Waals surface area contributed by atoms with Crippen LogP contribution in [0.2, 0.25) is 0 Å². The van der Waals surface area contributed by atoms with Gasteiger partial charge in [-0.15, -0.1) is 0 Å². The summed E-state index contributed by atoms with van der Waals surface area (Å²) < 4.78 is 27.4. The Morgan fingerprint density at radius 3 is 2.27 bits per heavy atom. The van der Waals surface area contributed by atoms with Crippen LogP contribution in [0.25, 0.3) is 0 Å². The number of esters is 1. The molecule has 0 heterocycles. The molecule has 0 spiro atoms. The molecule has 0 rings (SSSR count). The molecule has 1 atom stereocenters. The van der Waals surface area contributed by atoms with E-state index in [0.29, 0.717) is 6.42 Å². The van der Waals surface area contributed by atoms with E-state index in [-0.39, 0.29) is 19.4 Å². The van der Waals surface area contributed by atoms with E-state index in [1.165, 1.54) is 33.4 Å². The molecule has 0 fully saturated rings. The summed E-state index contributed by atoms with van der Waals surface area (Å²) in [7, 11) is 2.96. The number of carboxylic acids is 1. The maximum absolute atomic E-state index is 11.9. The van der Waals surface area contributed by atoms with Gasteiger partial charge in [-0.25, -0.2) is 0 Å². The average Bonchev–Trinajstić information content (AvgIpc) is 2.43. The number of likely N-dealkylation sites (N-methyl/N-ethyl adjacent to an activating group) is 1. The van der Waals surface area contributed by atoms with Gasteiger partial charge in [0, 0.05) is 6.42 Å². The van der Waals surface area contributed by atoms with Crippen molar-refractivity contribution in [2.45, 2.75) is 70.8 Å². The molecule has 5 nitrogen and oxygen atoms in total. The predicted molar refractivity (Wildman–Crippen MR) is 87.6 cm³/mol. The molecule has 0 unspecified atom stereocenters. The van der Waals surface area contributed by atoms with Crippen molar-refractivity contribution in [2.75, 3.05) is 27.6 Å². The Hall–Kier alpha value is -1.10. The zero-order valence-corrected chi connectivity index (χ0v) is 14.3. The fourth-order valence-corrected chi connectivity index (χ4v) is 2.32. The van der Waals surface area contributed by atoms with E-state index in [1.807, 2.05) is 0 Å². The summed E-state index contributed by atoms with van der Waals surface area (Å²) in [4.78, 5) is 22.9. The van der Waals surface area contributed by atoms with Gasteiger partial charge in [-0.05, 0) is 6.42 Å².